The van der Waals surface area contributed by atoms with Crippen LogP contribution in [0.15, 0.2) is 67.0 Å². The molecule has 3 fully saturated rings. The molecule has 2 amide bonds. The molecule has 18 heteroatoms. The molecule has 2 aromatic heterocycles. The number of anilines is 2. The van der Waals surface area contributed by atoms with Crippen molar-refractivity contribution in [3.8, 4) is 0 Å². The van der Waals surface area contributed by atoms with Gasteiger partial charge in [0.05, 0.1) is 18.4 Å². The zero-order chi connectivity index (χ0) is 41.8. The standard InChI is InChI=1S/C38H48N8O5.C2HF3O2/c1-38(2,3)51-37(50)45-18-17-26(21-45)41-36-43-33(39-20-27(23-11-6-4-7-12-23)24-13-8-5-9-14-24)30-34(44-36)46(22-40-30)29-19-28(31(47)32(29)48)42-35(49)25-15-10-16-25;3-2(4,5)1(6)7/h4-9,11-14,22,25-29,31-32,47-48H,10,15-21H2,1-3H3,(H,42,49)(H2,39,41,43,44);(H,6,7)/t26-,28-,29+,31+,32-;/m0./s1. The molecule has 5 atom stereocenters. The number of halogens is 3. The van der Waals surface area contributed by atoms with Crippen LogP contribution in [-0.4, -0.2) is 113 Å². The molecule has 1 saturated heterocycles. The third kappa shape index (κ3) is 10.1. The van der Waals surface area contributed by atoms with Crippen molar-refractivity contribution in [1.82, 2.24) is 29.7 Å². The van der Waals surface area contributed by atoms with Crippen LogP contribution in [0.4, 0.5) is 29.7 Å². The third-order valence-corrected chi connectivity index (χ3v) is 10.5. The molecule has 1 aliphatic heterocycles. The number of fused-ring (bicyclic) bond motifs is 1. The Morgan fingerprint density at radius 3 is 2.10 bits per heavy atom. The number of aliphatic hydroxyl groups is 2. The number of aliphatic carboxylic acids is 1. The predicted octanol–water partition coefficient (Wildman–Crippen LogP) is 5.08. The van der Waals surface area contributed by atoms with E-state index in [0.717, 1.165) is 30.4 Å². The average molecular weight is 811 g/mol. The first-order valence-corrected chi connectivity index (χ1v) is 19.3. The summed E-state index contributed by atoms with van der Waals surface area (Å²) in [6, 6.07) is 19.3. The lowest BCUT2D eigenvalue weighted by Gasteiger charge is -2.27. The molecule has 0 radical (unpaired) electrons. The topological polar surface area (TPSA) is 204 Å². The number of hydrogen-bond acceptors (Lipinski definition) is 11. The maximum absolute atomic E-state index is 12.8. The van der Waals surface area contributed by atoms with Crippen molar-refractivity contribution < 1.29 is 47.6 Å². The van der Waals surface area contributed by atoms with Gasteiger partial charge in [0.25, 0.3) is 0 Å². The number of carboxylic acids is 1. The summed E-state index contributed by atoms with van der Waals surface area (Å²) < 4.78 is 39.1. The number of nitrogens with one attached hydrogen (secondary N) is 3. The van der Waals surface area contributed by atoms with Crippen molar-refractivity contribution in [2.75, 3.05) is 30.3 Å². The van der Waals surface area contributed by atoms with Gasteiger partial charge in [-0.2, -0.15) is 23.1 Å². The molecule has 6 N–H and O–H groups in total. The number of likely N-dealkylation sites (tertiary alicyclic amines) is 1. The van der Waals surface area contributed by atoms with Crippen LogP contribution in [0.25, 0.3) is 11.2 Å². The number of nitrogens with zero attached hydrogens (tertiary/aromatic N) is 5. The van der Waals surface area contributed by atoms with Gasteiger partial charge in [0, 0.05) is 37.5 Å². The summed E-state index contributed by atoms with van der Waals surface area (Å²) in [6.07, 6.45) is -2.37. The number of imidazole rings is 1. The molecule has 4 aromatic rings. The van der Waals surface area contributed by atoms with E-state index in [-0.39, 0.29) is 29.9 Å². The van der Waals surface area contributed by atoms with Crippen molar-refractivity contribution in [2.24, 2.45) is 5.92 Å². The highest BCUT2D eigenvalue weighted by Crippen LogP contribution is 2.36. The van der Waals surface area contributed by atoms with Gasteiger partial charge in [-0.05, 0) is 57.6 Å². The minimum absolute atomic E-state index is 0.0139. The Labute approximate surface area is 333 Å². The molecule has 15 nitrogen and oxygen atoms in total. The van der Waals surface area contributed by atoms with Gasteiger partial charge in [-0.3, -0.25) is 4.79 Å². The minimum Gasteiger partial charge on any atom is -0.475 e. The Kier molecular flexibility index (Phi) is 12.8. The first-order chi connectivity index (χ1) is 27.5. The highest BCUT2D eigenvalue weighted by atomic mass is 19.4. The number of benzene rings is 2. The fourth-order valence-electron chi connectivity index (χ4n) is 7.30. The van der Waals surface area contributed by atoms with E-state index in [0.29, 0.717) is 55.4 Å². The first kappa shape index (κ1) is 42.1. The van der Waals surface area contributed by atoms with E-state index in [9.17, 15) is 33.0 Å². The second kappa shape index (κ2) is 17.6. The van der Waals surface area contributed by atoms with Crippen LogP contribution in [0.5, 0.6) is 0 Å². The second-order valence-electron chi connectivity index (χ2n) is 15.9. The molecule has 3 aliphatic rings. The fraction of sp³-hybridized carbons (Fsp3) is 0.500. The van der Waals surface area contributed by atoms with Gasteiger partial charge in [0.1, 0.15) is 17.8 Å². The van der Waals surface area contributed by atoms with E-state index in [1.54, 1.807) is 15.8 Å². The number of carbonyl (C=O) groups is 3. The lowest BCUT2D eigenvalue weighted by Crippen LogP contribution is -2.46. The number of aliphatic hydroxyl groups excluding tert-OH is 2. The zero-order valence-electron chi connectivity index (χ0n) is 32.4. The normalized spacial score (nSPS) is 22.2. The summed E-state index contributed by atoms with van der Waals surface area (Å²) in [4.78, 5) is 50.7. The van der Waals surface area contributed by atoms with Gasteiger partial charge in [-0.1, -0.05) is 67.1 Å². The van der Waals surface area contributed by atoms with Crippen molar-refractivity contribution in [3.05, 3.63) is 78.1 Å². The Hall–Kier alpha value is -5.49. The van der Waals surface area contributed by atoms with Gasteiger partial charge in [-0.15, -0.1) is 0 Å². The molecule has 0 unspecified atom stereocenters. The van der Waals surface area contributed by atoms with Crippen molar-refractivity contribution >= 4 is 40.9 Å². The molecule has 2 aromatic carbocycles. The van der Waals surface area contributed by atoms with Gasteiger partial charge in [0.2, 0.25) is 11.9 Å². The summed E-state index contributed by atoms with van der Waals surface area (Å²) >= 11 is 0. The molecule has 3 heterocycles. The quantitative estimate of drug-likeness (QED) is 0.124. The number of ether oxygens (including phenoxy) is 1. The lowest BCUT2D eigenvalue weighted by molar-refractivity contribution is -0.192. The molecule has 7 rings (SSSR count). The number of alkyl halides is 3. The summed E-state index contributed by atoms with van der Waals surface area (Å²) in [5, 5.41) is 39.4. The maximum Gasteiger partial charge on any atom is 0.490 e. The van der Waals surface area contributed by atoms with Crippen LogP contribution < -0.4 is 16.0 Å². The Morgan fingerprint density at radius 1 is 0.931 bits per heavy atom. The van der Waals surface area contributed by atoms with Crippen LogP contribution in [0.3, 0.4) is 0 Å². The third-order valence-electron chi connectivity index (χ3n) is 10.5. The predicted molar refractivity (Wildman–Crippen MR) is 207 cm³/mol. The number of carbonyl (C=O) groups excluding carboxylic acids is 2. The van der Waals surface area contributed by atoms with Gasteiger partial charge < -0.3 is 45.5 Å². The Bertz CT molecular complexity index is 2000. The summed E-state index contributed by atoms with van der Waals surface area (Å²) in [5.74, 6) is -1.98. The van der Waals surface area contributed by atoms with Crippen LogP contribution in [0.2, 0.25) is 0 Å². The monoisotopic (exact) mass is 810 g/mol. The van der Waals surface area contributed by atoms with Crippen LogP contribution in [-0.2, 0) is 14.3 Å². The molecule has 312 valence electrons. The Balaban J connectivity index is 0.000000743. The van der Waals surface area contributed by atoms with E-state index in [1.165, 1.54) is 0 Å². The zero-order valence-corrected chi connectivity index (χ0v) is 32.4. The van der Waals surface area contributed by atoms with Crippen LogP contribution in [0, 0.1) is 5.92 Å². The fourth-order valence-corrected chi connectivity index (χ4v) is 7.30. The summed E-state index contributed by atoms with van der Waals surface area (Å²) in [7, 11) is 0. The maximum atomic E-state index is 12.8. The van der Waals surface area contributed by atoms with Gasteiger partial charge in [-0.25, -0.2) is 14.6 Å². The first-order valence-electron chi connectivity index (χ1n) is 19.3. The van der Waals surface area contributed by atoms with E-state index in [2.05, 4.69) is 40.2 Å². The van der Waals surface area contributed by atoms with E-state index >= 15 is 0 Å². The largest absolute Gasteiger partial charge is 0.490 e. The molecule has 0 spiro atoms. The van der Waals surface area contributed by atoms with Gasteiger partial charge >= 0.3 is 18.2 Å². The number of carboxylic acid groups (broad SMARTS) is 1. The molecular formula is C40H49F3N8O7. The molecular weight excluding hydrogens is 761 g/mol. The van der Waals surface area contributed by atoms with Crippen molar-refractivity contribution in [3.63, 3.8) is 0 Å². The van der Waals surface area contributed by atoms with Crippen LogP contribution in [0.1, 0.15) is 76.0 Å². The number of rotatable bonds is 10. The van der Waals surface area contributed by atoms with Gasteiger partial charge in [0.15, 0.2) is 17.0 Å². The molecule has 2 saturated carbocycles. The van der Waals surface area contributed by atoms with E-state index in [1.807, 2.05) is 57.2 Å². The smallest absolute Gasteiger partial charge is 0.475 e. The summed E-state index contributed by atoms with van der Waals surface area (Å²) in [5.41, 5.74) is 2.71. The minimum atomic E-state index is -5.08. The number of hydrogen-bond donors (Lipinski definition) is 6. The highest BCUT2D eigenvalue weighted by molar-refractivity contribution is 5.85. The second-order valence-corrected chi connectivity index (χ2v) is 15.9. The lowest BCUT2D eigenvalue weighted by atomic mass is 9.84. The number of aromatic nitrogens is 4. The Morgan fingerprint density at radius 2 is 1.55 bits per heavy atom. The molecule has 58 heavy (non-hydrogen) atoms. The van der Waals surface area contributed by atoms with Crippen LogP contribution >= 0.6 is 0 Å². The number of amides is 2. The summed E-state index contributed by atoms with van der Waals surface area (Å²) in [6.45, 7) is 7.03. The molecule has 0 bridgehead atoms. The average Bonchev–Trinajstić information content (AvgIpc) is 3.86. The van der Waals surface area contributed by atoms with Crippen molar-refractivity contribution in [2.45, 2.75) is 101 Å². The highest BCUT2D eigenvalue weighted by Gasteiger charge is 2.45. The SMILES string of the molecule is CC(C)(C)OC(=O)N1CC[C@H](Nc2nc(NCC(c3ccccc3)c3ccccc3)c3ncn([C@@H]4C[C@H](NC(=O)C5CCC5)[C@@H](O)[C@H]4O)c3n2)C1.O=C(O)C(F)(F)F. The molecule has 2 aliphatic carbocycles. The van der Waals surface area contributed by atoms with E-state index in [4.69, 9.17) is 29.6 Å². The van der Waals surface area contributed by atoms with E-state index < -0.39 is 42.0 Å². The van der Waals surface area contributed by atoms with Crippen molar-refractivity contribution in [1.29, 1.82) is 0 Å².